The van der Waals surface area contributed by atoms with Gasteiger partial charge in [0.15, 0.2) is 5.78 Å². The van der Waals surface area contributed by atoms with Crippen LogP contribution >= 0.6 is 23.2 Å². The lowest BCUT2D eigenvalue weighted by atomic mass is 9.91. The fourth-order valence-electron chi connectivity index (χ4n) is 2.15. The van der Waals surface area contributed by atoms with E-state index in [2.05, 4.69) is 4.90 Å². The molecule has 1 aromatic carbocycles. The molecular weight excluding hydrogens is 269 g/mol. The molecule has 100 valence electrons. The Bertz CT molecular complexity index is 439. The Morgan fingerprint density at radius 2 is 1.72 bits per heavy atom. The highest BCUT2D eigenvalue weighted by Gasteiger charge is 2.33. The van der Waals surface area contributed by atoms with Crippen LogP contribution in [0.1, 0.15) is 38.1 Å². The number of benzene rings is 1. The number of halogens is 2. The first-order valence-electron chi connectivity index (χ1n) is 6.09. The van der Waals surface area contributed by atoms with E-state index in [4.69, 9.17) is 23.2 Å². The summed E-state index contributed by atoms with van der Waals surface area (Å²) in [6.07, 6.45) is 0. The molecule has 0 heterocycles. The third kappa shape index (κ3) is 3.05. The third-order valence-corrected chi connectivity index (χ3v) is 4.03. The number of carbonyl (C=O) groups is 1. The fraction of sp³-hybridized carbons (Fsp3) is 0.500. The van der Waals surface area contributed by atoms with E-state index in [0.717, 1.165) is 13.1 Å². The monoisotopic (exact) mass is 287 g/mol. The zero-order chi connectivity index (χ0) is 13.9. The SMILES string of the molecule is CCN(CC)C(C)(C)C(=O)c1ccc(Cl)c(Cl)c1. The topological polar surface area (TPSA) is 20.3 Å². The minimum Gasteiger partial charge on any atom is -0.292 e. The number of likely N-dealkylation sites (N-methyl/N-ethyl adjacent to an activating group) is 1. The molecule has 0 aliphatic carbocycles. The predicted octanol–water partition coefficient (Wildman–Crippen LogP) is 4.30. The largest absolute Gasteiger partial charge is 0.292 e. The Kier molecular flexibility index (Phi) is 5.20. The fourth-order valence-corrected chi connectivity index (χ4v) is 2.45. The molecule has 0 N–H and O–H groups in total. The first-order chi connectivity index (χ1) is 8.34. The molecule has 0 amide bonds. The molecule has 0 aliphatic heterocycles. The van der Waals surface area contributed by atoms with E-state index in [-0.39, 0.29) is 5.78 Å². The van der Waals surface area contributed by atoms with E-state index in [9.17, 15) is 4.79 Å². The standard InChI is InChI=1S/C14H19Cl2NO/c1-5-17(6-2)14(3,4)13(18)10-7-8-11(15)12(16)9-10/h7-9H,5-6H2,1-4H3. The van der Waals surface area contributed by atoms with Crippen LogP contribution in [0.2, 0.25) is 10.0 Å². The van der Waals surface area contributed by atoms with E-state index in [1.165, 1.54) is 0 Å². The Morgan fingerprint density at radius 1 is 1.17 bits per heavy atom. The molecule has 1 rings (SSSR count). The number of rotatable bonds is 5. The second-order valence-corrected chi connectivity index (χ2v) is 5.50. The molecule has 2 nitrogen and oxygen atoms in total. The Hall–Kier alpha value is -0.570. The lowest BCUT2D eigenvalue weighted by Crippen LogP contribution is -2.49. The molecule has 0 saturated heterocycles. The van der Waals surface area contributed by atoms with Gasteiger partial charge in [-0.05, 0) is 45.1 Å². The van der Waals surface area contributed by atoms with Gasteiger partial charge in [-0.2, -0.15) is 0 Å². The molecule has 0 aromatic heterocycles. The molecule has 0 unspecified atom stereocenters. The maximum absolute atomic E-state index is 12.5. The van der Waals surface area contributed by atoms with Crippen molar-refractivity contribution >= 4 is 29.0 Å². The number of carbonyl (C=O) groups excluding carboxylic acids is 1. The van der Waals surface area contributed by atoms with Crippen molar-refractivity contribution in [3.05, 3.63) is 33.8 Å². The highest BCUT2D eigenvalue weighted by Crippen LogP contribution is 2.26. The second kappa shape index (κ2) is 6.05. The summed E-state index contributed by atoms with van der Waals surface area (Å²) in [4.78, 5) is 14.7. The van der Waals surface area contributed by atoms with Crippen LogP contribution in [-0.2, 0) is 0 Å². The summed E-state index contributed by atoms with van der Waals surface area (Å²) in [7, 11) is 0. The van der Waals surface area contributed by atoms with Crippen molar-refractivity contribution in [2.75, 3.05) is 13.1 Å². The summed E-state index contributed by atoms with van der Waals surface area (Å²) in [5, 5.41) is 0.881. The Labute approximate surface area is 119 Å². The number of nitrogens with zero attached hydrogens (tertiary/aromatic N) is 1. The first-order valence-corrected chi connectivity index (χ1v) is 6.85. The van der Waals surface area contributed by atoms with Gasteiger partial charge in [0.1, 0.15) is 0 Å². The van der Waals surface area contributed by atoms with Crippen LogP contribution in [-0.4, -0.2) is 29.3 Å². The maximum atomic E-state index is 12.5. The molecule has 0 atom stereocenters. The average Bonchev–Trinajstić information content (AvgIpc) is 2.33. The number of Topliss-reactive ketones (excluding diaryl/α,β-unsaturated/α-hetero) is 1. The lowest BCUT2D eigenvalue weighted by molar-refractivity contribution is 0.0669. The first kappa shape index (κ1) is 15.5. The van der Waals surface area contributed by atoms with Crippen molar-refractivity contribution in [3.8, 4) is 0 Å². The van der Waals surface area contributed by atoms with E-state index < -0.39 is 5.54 Å². The van der Waals surface area contributed by atoms with Crippen LogP contribution in [0.25, 0.3) is 0 Å². The zero-order valence-electron chi connectivity index (χ0n) is 11.3. The number of hydrogen-bond donors (Lipinski definition) is 0. The molecule has 1 aromatic rings. The van der Waals surface area contributed by atoms with E-state index in [1.54, 1.807) is 18.2 Å². The van der Waals surface area contributed by atoms with Crippen molar-refractivity contribution in [3.63, 3.8) is 0 Å². The molecule has 0 saturated carbocycles. The molecule has 0 bridgehead atoms. The minimum absolute atomic E-state index is 0.0600. The minimum atomic E-state index is -0.541. The van der Waals surface area contributed by atoms with Gasteiger partial charge >= 0.3 is 0 Å². The molecule has 0 aliphatic rings. The smallest absolute Gasteiger partial charge is 0.182 e. The molecule has 0 fully saturated rings. The van der Waals surface area contributed by atoms with Crippen LogP contribution in [0, 0.1) is 0 Å². The van der Waals surface area contributed by atoms with Crippen molar-refractivity contribution in [1.29, 1.82) is 0 Å². The summed E-state index contributed by atoms with van der Waals surface area (Å²) in [6, 6.07) is 5.02. The lowest BCUT2D eigenvalue weighted by Gasteiger charge is -2.35. The van der Waals surface area contributed by atoms with Gasteiger partial charge in [-0.25, -0.2) is 0 Å². The molecule has 18 heavy (non-hydrogen) atoms. The van der Waals surface area contributed by atoms with Crippen LogP contribution in [0.15, 0.2) is 18.2 Å². The number of hydrogen-bond acceptors (Lipinski definition) is 2. The molecule has 4 heteroatoms. The van der Waals surface area contributed by atoms with Gasteiger partial charge in [-0.15, -0.1) is 0 Å². The van der Waals surface area contributed by atoms with Gasteiger partial charge in [-0.1, -0.05) is 37.0 Å². The van der Waals surface area contributed by atoms with Gasteiger partial charge in [0.05, 0.1) is 15.6 Å². The van der Waals surface area contributed by atoms with Gasteiger partial charge in [-0.3, -0.25) is 9.69 Å². The van der Waals surface area contributed by atoms with Gasteiger partial charge < -0.3 is 0 Å². The van der Waals surface area contributed by atoms with Crippen LogP contribution in [0.3, 0.4) is 0 Å². The third-order valence-electron chi connectivity index (χ3n) is 3.29. The van der Waals surface area contributed by atoms with Crippen LogP contribution in [0.4, 0.5) is 0 Å². The quantitative estimate of drug-likeness (QED) is 0.753. The van der Waals surface area contributed by atoms with Crippen molar-refractivity contribution < 1.29 is 4.79 Å². The molecule has 0 spiro atoms. The van der Waals surface area contributed by atoms with E-state index in [1.807, 2.05) is 27.7 Å². The zero-order valence-corrected chi connectivity index (χ0v) is 12.8. The molecular formula is C14H19Cl2NO. The van der Waals surface area contributed by atoms with E-state index >= 15 is 0 Å². The Morgan fingerprint density at radius 3 is 2.17 bits per heavy atom. The second-order valence-electron chi connectivity index (χ2n) is 4.69. The summed E-state index contributed by atoms with van der Waals surface area (Å²) >= 11 is 11.8. The van der Waals surface area contributed by atoms with E-state index in [0.29, 0.717) is 15.6 Å². The van der Waals surface area contributed by atoms with Crippen LogP contribution < -0.4 is 0 Å². The Balaban J connectivity index is 3.09. The van der Waals surface area contributed by atoms with Crippen molar-refractivity contribution in [2.24, 2.45) is 0 Å². The maximum Gasteiger partial charge on any atom is 0.182 e. The average molecular weight is 288 g/mol. The summed E-state index contributed by atoms with van der Waals surface area (Å²) in [5.41, 5.74) is 0.0574. The normalized spacial score (nSPS) is 11.9. The molecule has 0 radical (unpaired) electrons. The highest BCUT2D eigenvalue weighted by molar-refractivity contribution is 6.42. The van der Waals surface area contributed by atoms with Gasteiger partial charge in [0.2, 0.25) is 0 Å². The summed E-state index contributed by atoms with van der Waals surface area (Å²) in [5.74, 6) is 0.0600. The van der Waals surface area contributed by atoms with Crippen molar-refractivity contribution in [1.82, 2.24) is 4.90 Å². The van der Waals surface area contributed by atoms with Gasteiger partial charge in [0, 0.05) is 5.56 Å². The van der Waals surface area contributed by atoms with Gasteiger partial charge in [0.25, 0.3) is 0 Å². The van der Waals surface area contributed by atoms with Crippen LogP contribution in [0.5, 0.6) is 0 Å². The van der Waals surface area contributed by atoms with Crippen molar-refractivity contribution in [2.45, 2.75) is 33.2 Å². The predicted molar refractivity (Wildman–Crippen MR) is 77.8 cm³/mol. The summed E-state index contributed by atoms with van der Waals surface area (Å²) < 4.78 is 0. The number of ketones is 1. The summed E-state index contributed by atoms with van der Waals surface area (Å²) in [6.45, 7) is 9.63. The highest BCUT2D eigenvalue weighted by atomic mass is 35.5.